The van der Waals surface area contributed by atoms with Crippen LogP contribution in [0, 0.1) is 5.82 Å². The van der Waals surface area contributed by atoms with Crippen molar-refractivity contribution in [1.82, 2.24) is 4.40 Å². The Kier molecular flexibility index (Phi) is 7.43. The van der Waals surface area contributed by atoms with E-state index in [2.05, 4.69) is 14.4 Å². The fraction of sp³-hybridized carbons (Fsp3) is 0.0833. The number of halogens is 1. The number of benzene rings is 2. The molecule has 0 amide bonds. The molecule has 2 N–H and O–H groups in total. The number of hydrogen-bond donors (Lipinski definition) is 2. The second kappa shape index (κ2) is 10.2. The average Bonchev–Trinajstić information content (AvgIpc) is 2.80. The summed E-state index contributed by atoms with van der Waals surface area (Å²) in [6.07, 6.45) is 2.70. The zero-order valence-corrected chi connectivity index (χ0v) is 23.7. The number of nitrogens with zero attached hydrogens (tertiary/aromatic N) is 2. The Bertz CT molecular complexity index is 1890. The van der Waals surface area contributed by atoms with Crippen LogP contribution in [0.3, 0.4) is 0 Å². The third-order valence-electron chi connectivity index (χ3n) is 5.64. The first-order valence-corrected chi connectivity index (χ1v) is 14.1. The van der Waals surface area contributed by atoms with E-state index in [-0.39, 0.29) is 51.6 Å². The molecule has 2 aromatic heterocycles. The number of hydrogen-bond acceptors (Lipinski definition) is 7. The fourth-order valence-electron chi connectivity index (χ4n) is 4.06. The van der Waals surface area contributed by atoms with Gasteiger partial charge >= 0.3 is 29.6 Å². The Labute approximate surface area is 239 Å². The molecule has 0 atom stereocenters. The maximum Gasteiger partial charge on any atom is 1.00 e. The topological polar surface area (TPSA) is 149 Å². The zero-order chi connectivity index (χ0) is 26.5. The summed E-state index contributed by atoms with van der Waals surface area (Å²) < 4.78 is 69.1. The normalized spacial score (nSPS) is 14.1. The molecule has 3 heterocycles. The van der Waals surface area contributed by atoms with Gasteiger partial charge in [-0.3, -0.25) is 9.52 Å². The van der Waals surface area contributed by atoms with Crippen LogP contribution in [0.2, 0.25) is 0 Å². The van der Waals surface area contributed by atoms with Crippen molar-refractivity contribution in [2.75, 3.05) is 16.3 Å². The van der Waals surface area contributed by atoms with Crippen LogP contribution in [0.25, 0.3) is 5.52 Å². The number of amidine groups is 1. The smallest absolute Gasteiger partial charge is 0.859 e. The summed E-state index contributed by atoms with van der Waals surface area (Å²) >= 11 is 0. The number of fused-ring (bicyclic) bond motifs is 2. The quantitative estimate of drug-likeness (QED) is 0.297. The molecular formula is C24H18FN4NaO6S2. The molecule has 0 fully saturated rings. The third kappa shape index (κ3) is 5.47. The van der Waals surface area contributed by atoms with Gasteiger partial charge in [-0.15, -0.1) is 4.40 Å². The predicted octanol–water partition coefficient (Wildman–Crippen LogP) is -0.960. The van der Waals surface area contributed by atoms with Gasteiger partial charge in [-0.25, -0.2) is 12.8 Å². The largest absolute Gasteiger partial charge is 1.00 e. The molecule has 0 unspecified atom stereocenters. The summed E-state index contributed by atoms with van der Waals surface area (Å²) in [5.74, 6) is -1.60. The molecule has 10 nitrogen and oxygen atoms in total. The van der Waals surface area contributed by atoms with E-state index in [1.807, 2.05) is 0 Å². The van der Waals surface area contributed by atoms with Gasteiger partial charge in [0.2, 0.25) is 10.0 Å². The molecule has 0 saturated heterocycles. The van der Waals surface area contributed by atoms with Crippen molar-refractivity contribution < 1.29 is 55.9 Å². The van der Waals surface area contributed by atoms with E-state index in [1.165, 1.54) is 40.9 Å². The van der Waals surface area contributed by atoms with Crippen LogP contribution in [0.5, 0.6) is 5.88 Å². The van der Waals surface area contributed by atoms with Crippen molar-refractivity contribution in [3.8, 4) is 5.88 Å². The number of anilines is 2. The van der Waals surface area contributed by atoms with Gasteiger partial charge < -0.3 is 14.8 Å². The molecule has 0 saturated carbocycles. The standard InChI is InChI=1S/C24H19FN4O6S2.Na/c1-36(32,33)27-17-8-9-18-21(12-17)37(34,35)28-23(26-18)22-20(30)13-19-15(3-2-10-29(19)24(22)31)11-14-4-6-16(25)7-5-14;/h2-10,12-13,27,31H,11H2,1H3,(H,26,28);/q;+1/p-1. The number of aromatic nitrogens is 1. The molecule has 0 aliphatic carbocycles. The number of rotatable bonds is 5. The van der Waals surface area contributed by atoms with Crippen molar-refractivity contribution in [3.63, 3.8) is 0 Å². The first kappa shape index (κ1) is 27.8. The van der Waals surface area contributed by atoms with Gasteiger partial charge in [0, 0.05) is 18.0 Å². The first-order valence-electron chi connectivity index (χ1n) is 10.7. The average molecular weight is 565 g/mol. The van der Waals surface area contributed by atoms with Crippen molar-refractivity contribution in [3.05, 3.63) is 99.6 Å². The Morgan fingerprint density at radius 2 is 1.82 bits per heavy atom. The minimum Gasteiger partial charge on any atom is -0.859 e. The van der Waals surface area contributed by atoms with Gasteiger partial charge in [0.1, 0.15) is 10.7 Å². The van der Waals surface area contributed by atoms with Crippen molar-refractivity contribution >= 4 is 42.8 Å². The molecule has 5 rings (SSSR count). The van der Waals surface area contributed by atoms with E-state index in [4.69, 9.17) is 0 Å². The molecule has 38 heavy (non-hydrogen) atoms. The number of nitrogens with one attached hydrogen (secondary N) is 2. The minimum atomic E-state index is -4.38. The summed E-state index contributed by atoms with van der Waals surface area (Å²) in [6.45, 7) is 0. The molecule has 1 aliphatic rings. The van der Waals surface area contributed by atoms with Gasteiger partial charge in [0.15, 0.2) is 11.3 Å². The second-order valence-electron chi connectivity index (χ2n) is 8.41. The van der Waals surface area contributed by atoms with Crippen molar-refractivity contribution in [1.29, 1.82) is 0 Å². The molecule has 14 heteroatoms. The maximum atomic E-state index is 13.4. The summed E-state index contributed by atoms with van der Waals surface area (Å²) in [7, 11) is -8.04. The van der Waals surface area contributed by atoms with E-state index in [1.54, 1.807) is 24.3 Å². The van der Waals surface area contributed by atoms with Crippen LogP contribution in [0.4, 0.5) is 15.8 Å². The Morgan fingerprint density at radius 1 is 1.11 bits per heavy atom. The molecular weight excluding hydrogens is 546 g/mol. The van der Waals surface area contributed by atoms with E-state index < -0.39 is 42.8 Å². The van der Waals surface area contributed by atoms with Crippen LogP contribution >= 0.6 is 0 Å². The fourth-order valence-corrected chi connectivity index (χ4v) is 5.76. The summed E-state index contributed by atoms with van der Waals surface area (Å²) in [4.78, 5) is 12.8. The van der Waals surface area contributed by atoms with Crippen LogP contribution in [0.1, 0.15) is 16.7 Å². The van der Waals surface area contributed by atoms with Gasteiger partial charge in [0.05, 0.1) is 23.0 Å². The second-order valence-corrected chi connectivity index (χ2v) is 11.7. The maximum absolute atomic E-state index is 13.4. The molecule has 0 radical (unpaired) electrons. The van der Waals surface area contributed by atoms with Crippen LogP contribution in [-0.4, -0.2) is 33.3 Å². The summed E-state index contributed by atoms with van der Waals surface area (Å²) in [5, 5.41) is 16.1. The number of sulfonamides is 2. The Morgan fingerprint density at radius 3 is 2.50 bits per heavy atom. The molecule has 0 bridgehead atoms. The number of pyridine rings is 2. The van der Waals surface area contributed by atoms with Gasteiger partial charge in [0.25, 0.3) is 10.0 Å². The molecule has 1 aliphatic heterocycles. The van der Waals surface area contributed by atoms with Gasteiger partial charge in [-0.1, -0.05) is 18.2 Å². The van der Waals surface area contributed by atoms with E-state index in [9.17, 15) is 31.1 Å². The van der Waals surface area contributed by atoms with Crippen LogP contribution < -0.4 is 50.1 Å². The Hall–Kier alpha value is -3.23. The van der Waals surface area contributed by atoms with Gasteiger partial charge in [-0.2, -0.15) is 8.42 Å². The summed E-state index contributed by atoms with van der Waals surface area (Å²) in [5.41, 5.74) is 0.552. The molecule has 2 aromatic carbocycles. The predicted molar refractivity (Wildman–Crippen MR) is 135 cm³/mol. The van der Waals surface area contributed by atoms with E-state index in [0.29, 0.717) is 17.5 Å². The molecule has 0 spiro atoms. The molecule has 190 valence electrons. The zero-order valence-electron chi connectivity index (χ0n) is 20.1. The first-order chi connectivity index (χ1) is 17.4. The Balaban J connectivity index is 0.00000336. The van der Waals surface area contributed by atoms with Gasteiger partial charge in [-0.05, 0) is 59.8 Å². The molecule has 4 aromatic rings. The van der Waals surface area contributed by atoms with Crippen LogP contribution in [-0.2, 0) is 26.5 Å². The van der Waals surface area contributed by atoms with Crippen molar-refractivity contribution in [2.45, 2.75) is 11.3 Å². The SMILES string of the molecule is CS(=O)(=O)Nc1ccc2c(c1)S(=O)(=O)N=C(c1c([O-])n3cccc(Cc4ccc(F)cc4)c3cc1=O)N2.[Na+]. The van der Waals surface area contributed by atoms with E-state index >= 15 is 0 Å². The third-order valence-corrected chi connectivity index (χ3v) is 7.56. The van der Waals surface area contributed by atoms with Crippen molar-refractivity contribution in [2.24, 2.45) is 4.40 Å². The monoisotopic (exact) mass is 564 g/mol. The van der Waals surface area contributed by atoms with E-state index in [0.717, 1.165) is 17.9 Å². The summed E-state index contributed by atoms with van der Waals surface area (Å²) in [6, 6.07) is 14.1. The minimum absolute atomic E-state index is 0. The van der Waals surface area contributed by atoms with Crippen LogP contribution in [0.15, 0.2) is 80.9 Å².